The van der Waals surface area contributed by atoms with Crippen LogP contribution < -0.4 is 0 Å². The number of carbonyl (C=O) groups excluding carboxylic acids is 3. The van der Waals surface area contributed by atoms with E-state index in [1.165, 1.54) is 80.1 Å². The van der Waals surface area contributed by atoms with E-state index in [1.807, 2.05) is 83.1 Å². The quantitative estimate of drug-likeness (QED) is 0.0200. The van der Waals surface area contributed by atoms with Crippen LogP contribution in [0.4, 0.5) is 0 Å². The highest BCUT2D eigenvalue weighted by atomic mass is 32.2. The third-order valence-corrected chi connectivity index (χ3v) is 33.0. The zero-order valence-electron chi connectivity index (χ0n) is 82.4. The van der Waals surface area contributed by atoms with E-state index in [4.69, 9.17) is 6.42 Å². The van der Waals surface area contributed by atoms with E-state index in [-0.39, 0.29) is 117 Å². The van der Waals surface area contributed by atoms with Crippen LogP contribution in [0.2, 0.25) is 0 Å². The SMILES string of the molecule is C#C/C=C(/c1cc(/C(=C/C#N)C(C)C)cc(/C(=C/C#N)C(C)C)c1)C(C)C.CC(C)C(=O)c1cc(C(=O)C(C)C)cc(C(=O)C(C)C)c1.CC(C)CCS(=O)(=O)c1cc(S(=O)(=O)CCC(C)C)cc(S(=O)(=O)CCC(C)C)c1.CC(C)S(=O)(=O)c1cc(S(=O)(=O)C(C)C)cc(S(=O)(=O)C(C)C)c1.CCc1c(CC(C)C)c(CC)c(CC(C)C)c(CC)c1CC(C)C. The predicted molar refractivity (Wildman–Crippen MR) is 523 cm³/mol. The van der Waals surface area contributed by atoms with Crippen LogP contribution in [0, 0.1) is 106 Å². The lowest BCUT2D eigenvalue weighted by Gasteiger charge is -2.28. The topological polar surface area (TPSA) is 304 Å². The molecule has 17 nitrogen and oxygen atoms in total. The van der Waals surface area contributed by atoms with Crippen molar-refractivity contribution in [3.8, 4) is 24.5 Å². The van der Waals surface area contributed by atoms with Gasteiger partial charge in [-0.25, -0.2) is 50.5 Å². The van der Waals surface area contributed by atoms with E-state index in [9.17, 15) is 75.4 Å². The molecule has 0 aromatic heterocycles. The average Bonchev–Trinajstić information content (AvgIpc) is 0.769. The summed E-state index contributed by atoms with van der Waals surface area (Å²) in [6, 6.07) is 21.9. The molecule has 0 N–H and O–H groups in total. The smallest absolute Gasteiger partial charge is 0.180 e. The van der Waals surface area contributed by atoms with Gasteiger partial charge in [-0.15, -0.1) is 6.42 Å². The third kappa shape index (κ3) is 34.8. The van der Waals surface area contributed by atoms with Crippen molar-refractivity contribution in [3.63, 3.8) is 0 Å². The monoisotopic (exact) mass is 1850 g/mol. The molecule has 702 valence electrons. The zero-order chi connectivity index (χ0) is 97.7. The van der Waals surface area contributed by atoms with Gasteiger partial charge in [0.25, 0.3) is 0 Å². The van der Waals surface area contributed by atoms with E-state index in [0.29, 0.717) is 36.0 Å². The highest BCUT2D eigenvalue weighted by Gasteiger charge is 2.32. The fraction of sp³-hybridized carbons (Fsp3) is 0.583. The number of ketones is 3. The van der Waals surface area contributed by atoms with E-state index in [0.717, 1.165) is 87.6 Å². The second kappa shape index (κ2) is 51.8. The van der Waals surface area contributed by atoms with Gasteiger partial charge in [0.15, 0.2) is 76.4 Å². The van der Waals surface area contributed by atoms with Crippen LogP contribution in [0.15, 0.2) is 120 Å². The number of sulfone groups is 6. The minimum absolute atomic E-state index is 0.0498. The van der Waals surface area contributed by atoms with Crippen molar-refractivity contribution in [1.29, 1.82) is 10.5 Å². The molecule has 0 radical (unpaired) electrons. The third-order valence-electron chi connectivity index (χ3n) is 21.4. The molecule has 0 aliphatic heterocycles. The van der Waals surface area contributed by atoms with Crippen LogP contribution in [0.5, 0.6) is 0 Å². The molecule has 0 amide bonds. The molecule has 0 atom stereocenters. The first kappa shape index (κ1) is 117. The molecule has 0 spiro atoms. The predicted octanol–water partition coefficient (Wildman–Crippen LogP) is 24.0. The highest BCUT2D eigenvalue weighted by Crippen LogP contribution is 2.38. The van der Waals surface area contributed by atoms with E-state index in [2.05, 4.69) is 140 Å². The number of rotatable bonds is 39. The van der Waals surface area contributed by atoms with Gasteiger partial charge >= 0.3 is 0 Å². The molecule has 126 heavy (non-hydrogen) atoms. The Labute approximate surface area is 764 Å². The molecule has 0 aliphatic carbocycles. The molecule has 0 saturated carbocycles. The lowest BCUT2D eigenvalue weighted by Crippen LogP contribution is -2.20. The fourth-order valence-corrected chi connectivity index (χ4v) is 22.7. The maximum Gasteiger partial charge on any atom is 0.180 e. The molecule has 0 bridgehead atoms. The maximum absolute atomic E-state index is 12.8. The number of nitrogens with zero attached hydrogens (tertiary/aromatic N) is 2. The number of terminal acetylenes is 1. The van der Waals surface area contributed by atoms with Crippen molar-refractivity contribution in [2.75, 3.05) is 17.3 Å². The second-order valence-electron chi connectivity index (χ2n) is 38.1. The number of benzene rings is 5. The van der Waals surface area contributed by atoms with Crippen LogP contribution >= 0.6 is 0 Å². The maximum atomic E-state index is 12.8. The van der Waals surface area contributed by atoms with Crippen molar-refractivity contribution in [1.82, 2.24) is 0 Å². The lowest BCUT2D eigenvalue weighted by atomic mass is 9.77. The van der Waals surface area contributed by atoms with E-state index >= 15 is 0 Å². The van der Waals surface area contributed by atoms with E-state index in [1.54, 1.807) is 69.8 Å². The summed E-state index contributed by atoms with van der Waals surface area (Å²) in [6.45, 7) is 64.8. The summed E-state index contributed by atoms with van der Waals surface area (Å²) in [6.07, 6.45) is 19.1. The summed E-state index contributed by atoms with van der Waals surface area (Å²) in [7, 11) is -22.9. The summed E-state index contributed by atoms with van der Waals surface area (Å²) in [5.41, 5.74) is 17.6. The molecule has 5 aromatic rings. The van der Waals surface area contributed by atoms with Gasteiger partial charge in [-0.05, 0) is 298 Å². The minimum Gasteiger partial charge on any atom is -0.294 e. The van der Waals surface area contributed by atoms with Gasteiger partial charge in [-0.2, -0.15) is 10.5 Å². The van der Waals surface area contributed by atoms with Crippen molar-refractivity contribution < 1.29 is 64.9 Å². The standard InChI is InChI=1S/C25H28N2.C24H42.C21H36O6S3.C18H24O3.C15H24O6S3/c1-8-9-23(17(2)3)20-14-21(24(10-12-26)18(4)5)16-22(15-20)25(11-13-27)19(6)7;1-10-19-22(13-16(4)5)20(11-2)24(15-18(8)9)21(12-3)23(19)14-17(6)7;1-16(2)7-10-28(22,23)19-13-20(29(24,25)11-8-17(3)4)15-21(14-19)30(26,27)12-9-18(5)6;1-10(2)16(19)13-7-14(17(20)11(3)4)9-15(8-13)18(21)12(5)6;1-10(2)22(16,17)13-7-14(23(18,19)11(3)4)9-15(8-13)24(20,21)12(5)6/h1,9-11,14-19H,2-7H3;16-18H,10-15H2,1-9H3;13-18H,7-12H2,1-6H3;7-12H,1-6H3;7-12H,1-6H3/b23-9+,24-10+,25-11+;;;;. The van der Waals surface area contributed by atoms with Gasteiger partial charge in [-0.1, -0.05) is 193 Å². The molecule has 23 heteroatoms. The molecular weight excluding hydrogens is 1700 g/mol. The molecular formula is C103H154N2O15S6. The van der Waals surface area contributed by atoms with Gasteiger partial charge in [-0.3, -0.25) is 14.4 Å². The van der Waals surface area contributed by atoms with Crippen molar-refractivity contribution in [2.45, 2.75) is 331 Å². The first-order valence-corrected chi connectivity index (χ1v) is 54.6. The number of nitriles is 2. The van der Waals surface area contributed by atoms with Crippen LogP contribution in [0.25, 0.3) is 16.7 Å². The summed E-state index contributed by atoms with van der Waals surface area (Å²) >= 11 is 0. The Kier molecular flexibility index (Phi) is 48.0. The van der Waals surface area contributed by atoms with Crippen LogP contribution in [0.1, 0.15) is 329 Å². The Morgan fingerprint density at radius 2 is 0.484 bits per heavy atom. The van der Waals surface area contributed by atoms with Gasteiger partial charge in [0.1, 0.15) is 0 Å². The number of carbonyl (C=O) groups is 3. The lowest BCUT2D eigenvalue weighted by molar-refractivity contribution is 0.0937. The number of Topliss-reactive ketones (excluding diaryl/α,β-unsaturated/α-hetero) is 3. The normalized spacial score (nSPS) is 12.8. The van der Waals surface area contributed by atoms with Crippen LogP contribution in [-0.2, 0) is 97.5 Å². The van der Waals surface area contributed by atoms with Gasteiger partial charge in [0.2, 0.25) is 0 Å². The number of allylic oxidation sites excluding steroid dienone is 6. The first-order chi connectivity index (χ1) is 57.9. The van der Waals surface area contributed by atoms with Crippen molar-refractivity contribution in [2.24, 2.45) is 71.0 Å². The Hall–Kier alpha value is -7.43. The Morgan fingerprint density at radius 3 is 0.643 bits per heavy atom. The first-order valence-electron chi connectivity index (χ1n) is 45.1. The average molecular weight is 1850 g/mol. The summed E-state index contributed by atoms with van der Waals surface area (Å²) < 4.78 is 152. The van der Waals surface area contributed by atoms with Gasteiger partial charge in [0.05, 0.1) is 74.5 Å². The second-order valence-corrected chi connectivity index (χ2v) is 52.0. The van der Waals surface area contributed by atoms with Crippen molar-refractivity contribution in [3.05, 3.63) is 158 Å². The Morgan fingerprint density at radius 1 is 0.286 bits per heavy atom. The molecule has 5 aromatic carbocycles. The highest BCUT2D eigenvalue weighted by molar-refractivity contribution is 7.94. The van der Waals surface area contributed by atoms with Crippen molar-refractivity contribution >= 4 is 93.1 Å². The zero-order valence-corrected chi connectivity index (χ0v) is 87.2. The number of hydrogen-bond acceptors (Lipinski definition) is 17. The number of hydrogen-bond donors (Lipinski definition) is 0. The summed E-state index contributed by atoms with van der Waals surface area (Å²) in [5.74, 6) is 4.79. The molecule has 0 aliphatic rings. The minimum atomic E-state index is -3.82. The molecule has 0 unspecified atom stereocenters. The summed E-state index contributed by atoms with van der Waals surface area (Å²) in [5, 5.41) is 16.1. The summed E-state index contributed by atoms with van der Waals surface area (Å²) in [4.78, 5) is 35.0. The largest absolute Gasteiger partial charge is 0.294 e. The van der Waals surface area contributed by atoms with Crippen LogP contribution in [-0.4, -0.2) is 101 Å². The fourth-order valence-electron chi connectivity index (χ4n) is 14.0. The molecule has 0 saturated heterocycles. The molecule has 0 fully saturated rings. The van der Waals surface area contributed by atoms with E-state index < -0.39 is 74.8 Å². The Balaban J connectivity index is 0.000000791. The van der Waals surface area contributed by atoms with Crippen LogP contribution in [0.3, 0.4) is 0 Å². The van der Waals surface area contributed by atoms with Gasteiger partial charge in [0, 0.05) is 46.6 Å². The molecule has 5 rings (SSSR count). The Bertz CT molecular complexity index is 4880. The van der Waals surface area contributed by atoms with Gasteiger partial charge < -0.3 is 0 Å². The molecule has 0 heterocycles.